The fourth-order valence-corrected chi connectivity index (χ4v) is 3.65. The van der Waals surface area contributed by atoms with Gasteiger partial charge in [-0.3, -0.25) is 4.79 Å². The lowest BCUT2D eigenvalue weighted by molar-refractivity contribution is 0.0601. The molecule has 1 atom stereocenters. The molecule has 3 rings (SSSR count). The van der Waals surface area contributed by atoms with Gasteiger partial charge in [-0.2, -0.15) is 0 Å². The van der Waals surface area contributed by atoms with Crippen molar-refractivity contribution in [1.82, 2.24) is 19.8 Å². The van der Waals surface area contributed by atoms with Gasteiger partial charge in [0.1, 0.15) is 5.69 Å². The van der Waals surface area contributed by atoms with Crippen LogP contribution in [-0.4, -0.2) is 71.5 Å². The molecular formula is C18H29N5O. The van der Waals surface area contributed by atoms with E-state index in [1.165, 1.54) is 6.42 Å². The number of amides is 1. The number of anilines is 1. The van der Waals surface area contributed by atoms with Gasteiger partial charge in [0.15, 0.2) is 0 Å². The number of carbonyl (C=O) groups excluding carboxylic acids is 1. The zero-order valence-corrected chi connectivity index (χ0v) is 15.2. The molecule has 1 amide bonds. The van der Waals surface area contributed by atoms with E-state index in [2.05, 4.69) is 33.7 Å². The Bertz CT molecular complexity index is 583. The Labute approximate surface area is 144 Å². The summed E-state index contributed by atoms with van der Waals surface area (Å²) in [5, 5.41) is 0. The highest BCUT2D eigenvalue weighted by atomic mass is 16.2. The number of hydrogen-bond acceptors (Lipinski definition) is 5. The highest BCUT2D eigenvalue weighted by Gasteiger charge is 2.28. The van der Waals surface area contributed by atoms with Gasteiger partial charge in [-0.25, -0.2) is 9.97 Å². The van der Waals surface area contributed by atoms with E-state index in [0.29, 0.717) is 17.7 Å². The van der Waals surface area contributed by atoms with E-state index >= 15 is 0 Å². The molecular weight excluding hydrogens is 302 g/mol. The summed E-state index contributed by atoms with van der Waals surface area (Å²) in [4.78, 5) is 28.7. The third-order valence-electron chi connectivity index (χ3n) is 5.21. The van der Waals surface area contributed by atoms with Crippen LogP contribution < -0.4 is 4.90 Å². The third-order valence-corrected chi connectivity index (χ3v) is 5.21. The van der Waals surface area contributed by atoms with Crippen LogP contribution in [0.3, 0.4) is 0 Å². The number of likely N-dealkylation sites (N-methyl/N-ethyl adjacent to an activating group) is 1. The van der Waals surface area contributed by atoms with Crippen molar-refractivity contribution in [2.45, 2.75) is 45.6 Å². The van der Waals surface area contributed by atoms with E-state index in [-0.39, 0.29) is 5.91 Å². The Morgan fingerprint density at radius 2 is 1.92 bits per heavy atom. The normalized spacial score (nSPS) is 22.7. The molecule has 2 fully saturated rings. The summed E-state index contributed by atoms with van der Waals surface area (Å²) in [5.74, 6) is 0.777. The minimum atomic E-state index is 0.0717. The third kappa shape index (κ3) is 3.69. The van der Waals surface area contributed by atoms with Crippen LogP contribution in [-0.2, 0) is 0 Å². The van der Waals surface area contributed by atoms with Crippen molar-refractivity contribution in [3.8, 4) is 0 Å². The molecule has 1 aromatic rings. The smallest absolute Gasteiger partial charge is 0.272 e. The van der Waals surface area contributed by atoms with Crippen LogP contribution in [0.5, 0.6) is 0 Å². The first-order chi connectivity index (χ1) is 11.6. The number of rotatable bonds is 3. The Morgan fingerprint density at radius 1 is 1.17 bits per heavy atom. The lowest BCUT2D eigenvalue weighted by Gasteiger charge is -2.35. The first-order valence-corrected chi connectivity index (χ1v) is 9.18. The summed E-state index contributed by atoms with van der Waals surface area (Å²) < 4.78 is 0. The maximum absolute atomic E-state index is 13.0. The van der Waals surface area contributed by atoms with E-state index in [1.54, 1.807) is 0 Å². The van der Waals surface area contributed by atoms with Crippen molar-refractivity contribution < 1.29 is 4.79 Å². The van der Waals surface area contributed by atoms with Gasteiger partial charge in [0.25, 0.3) is 5.91 Å². The fourth-order valence-electron chi connectivity index (χ4n) is 3.65. The van der Waals surface area contributed by atoms with Crippen LogP contribution in [0.2, 0.25) is 0 Å². The quantitative estimate of drug-likeness (QED) is 0.847. The molecule has 0 saturated carbocycles. The van der Waals surface area contributed by atoms with Crippen LogP contribution in [0.4, 0.5) is 5.95 Å². The minimum Gasteiger partial charge on any atom is -0.338 e. The fraction of sp³-hybridized carbons (Fsp3) is 0.722. The van der Waals surface area contributed by atoms with Crippen LogP contribution in [0.1, 0.15) is 48.8 Å². The molecule has 2 aliphatic rings. The van der Waals surface area contributed by atoms with Gasteiger partial charge in [0.05, 0.1) is 0 Å². The van der Waals surface area contributed by atoms with Crippen LogP contribution >= 0.6 is 0 Å². The summed E-state index contributed by atoms with van der Waals surface area (Å²) in [6, 6.07) is 2.19. The lowest BCUT2D eigenvalue weighted by Crippen LogP contribution is -2.46. The van der Waals surface area contributed by atoms with Crippen molar-refractivity contribution in [2.24, 2.45) is 0 Å². The van der Waals surface area contributed by atoms with Gasteiger partial charge >= 0.3 is 0 Å². The first-order valence-electron chi connectivity index (χ1n) is 9.18. The number of nitrogens with zero attached hydrogens (tertiary/aromatic N) is 5. The molecule has 0 radical (unpaired) electrons. The highest BCUT2D eigenvalue weighted by molar-refractivity contribution is 5.93. The van der Waals surface area contributed by atoms with Gasteiger partial charge < -0.3 is 14.7 Å². The largest absolute Gasteiger partial charge is 0.338 e. The average molecular weight is 331 g/mol. The summed E-state index contributed by atoms with van der Waals surface area (Å²) in [6.07, 6.45) is 4.44. The Kier molecular flexibility index (Phi) is 5.33. The topological polar surface area (TPSA) is 52.6 Å². The van der Waals surface area contributed by atoms with Crippen molar-refractivity contribution in [3.05, 3.63) is 17.5 Å². The monoisotopic (exact) mass is 331 g/mol. The van der Waals surface area contributed by atoms with Crippen LogP contribution in [0.15, 0.2) is 6.07 Å². The second kappa shape index (κ2) is 7.47. The molecule has 24 heavy (non-hydrogen) atoms. The predicted octanol–water partition coefficient (Wildman–Crippen LogP) is 1.94. The summed E-state index contributed by atoms with van der Waals surface area (Å²) in [6.45, 7) is 8.80. The SMILES string of the molecule is CCC1CCCCN1C(=O)c1cc(C)nc(N2CCN(C)CC2)n1. The highest BCUT2D eigenvalue weighted by Crippen LogP contribution is 2.22. The molecule has 2 saturated heterocycles. The molecule has 0 spiro atoms. The van der Waals surface area contributed by atoms with Gasteiger partial charge in [0, 0.05) is 44.5 Å². The second-order valence-corrected chi connectivity index (χ2v) is 7.04. The molecule has 132 valence electrons. The number of carbonyl (C=O) groups is 1. The summed E-state index contributed by atoms with van der Waals surface area (Å²) >= 11 is 0. The molecule has 1 aromatic heterocycles. The van der Waals surface area contributed by atoms with E-state index < -0.39 is 0 Å². The number of aryl methyl sites for hydroxylation is 1. The van der Waals surface area contributed by atoms with E-state index in [4.69, 9.17) is 0 Å². The molecule has 0 aliphatic carbocycles. The van der Waals surface area contributed by atoms with Gasteiger partial charge in [0.2, 0.25) is 5.95 Å². The number of piperidine rings is 1. The van der Waals surface area contributed by atoms with Gasteiger partial charge in [-0.1, -0.05) is 6.92 Å². The Morgan fingerprint density at radius 3 is 2.62 bits per heavy atom. The second-order valence-electron chi connectivity index (χ2n) is 7.04. The lowest BCUT2D eigenvalue weighted by atomic mass is 9.99. The molecule has 0 N–H and O–H groups in total. The molecule has 3 heterocycles. The first kappa shape index (κ1) is 17.1. The van der Waals surface area contributed by atoms with Crippen molar-refractivity contribution in [2.75, 3.05) is 44.7 Å². The average Bonchev–Trinajstić information content (AvgIpc) is 2.61. The number of likely N-dealkylation sites (tertiary alicyclic amines) is 1. The van der Waals surface area contributed by atoms with Crippen LogP contribution in [0, 0.1) is 6.92 Å². The zero-order chi connectivity index (χ0) is 17.1. The van der Waals surface area contributed by atoms with Gasteiger partial charge in [-0.15, -0.1) is 0 Å². The van der Waals surface area contributed by atoms with Crippen molar-refractivity contribution in [3.63, 3.8) is 0 Å². The Balaban J connectivity index is 1.81. The molecule has 2 aliphatic heterocycles. The van der Waals surface area contributed by atoms with Crippen molar-refractivity contribution in [1.29, 1.82) is 0 Å². The number of aromatic nitrogens is 2. The Hall–Kier alpha value is -1.69. The predicted molar refractivity (Wildman–Crippen MR) is 95.4 cm³/mol. The van der Waals surface area contributed by atoms with E-state index in [9.17, 15) is 4.79 Å². The minimum absolute atomic E-state index is 0.0717. The van der Waals surface area contributed by atoms with E-state index in [0.717, 1.165) is 57.7 Å². The molecule has 0 bridgehead atoms. The van der Waals surface area contributed by atoms with Crippen molar-refractivity contribution >= 4 is 11.9 Å². The number of hydrogen-bond donors (Lipinski definition) is 0. The molecule has 6 nitrogen and oxygen atoms in total. The maximum Gasteiger partial charge on any atom is 0.272 e. The number of piperazine rings is 1. The van der Waals surface area contributed by atoms with E-state index in [1.807, 2.05) is 17.9 Å². The van der Waals surface area contributed by atoms with Gasteiger partial charge in [-0.05, 0) is 45.7 Å². The molecule has 6 heteroatoms. The molecule has 0 aromatic carbocycles. The molecule has 1 unspecified atom stereocenters. The summed E-state index contributed by atoms with van der Waals surface area (Å²) in [7, 11) is 2.13. The van der Waals surface area contributed by atoms with Crippen LogP contribution in [0.25, 0.3) is 0 Å². The maximum atomic E-state index is 13.0. The standard InChI is InChI=1S/C18H29N5O/c1-4-15-7-5-6-8-23(15)17(24)16-13-14(2)19-18(20-16)22-11-9-21(3)10-12-22/h13,15H,4-12H2,1-3H3. The summed E-state index contributed by atoms with van der Waals surface area (Å²) in [5.41, 5.74) is 1.42. The zero-order valence-electron chi connectivity index (χ0n) is 15.2.